The molecule has 1 aromatic carbocycles. The third-order valence-corrected chi connectivity index (χ3v) is 4.52. The zero-order chi connectivity index (χ0) is 16.8. The second kappa shape index (κ2) is 8.06. The van der Waals surface area contributed by atoms with Crippen LogP contribution in [-0.4, -0.2) is 52.0 Å². The Morgan fingerprint density at radius 1 is 1.25 bits per heavy atom. The number of hydrogen-bond acceptors (Lipinski definition) is 4. The van der Waals surface area contributed by atoms with Gasteiger partial charge in [0.2, 0.25) is 0 Å². The maximum atomic E-state index is 12.1. The summed E-state index contributed by atoms with van der Waals surface area (Å²) in [6, 6.07) is 9.57. The van der Waals surface area contributed by atoms with Crippen molar-refractivity contribution in [2.75, 3.05) is 26.2 Å². The Bertz CT molecular complexity index is 646. The van der Waals surface area contributed by atoms with E-state index in [4.69, 9.17) is 0 Å². The number of carbonyl (C=O) groups is 1. The average molecular weight is 327 g/mol. The van der Waals surface area contributed by atoms with E-state index in [9.17, 15) is 4.79 Å². The van der Waals surface area contributed by atoms with Crippen LogP contribution in [-0.2, 0) is 0 Å². The van der Waals surface area contributed by atoms with Gasteiger partial charge in [-0.25, -0.2) is 0 Å². The van der Waals surface area contributed by atoms with Crippen LogP contribution in [0, 0.1) is 5.92 Å². The molecule has 0 bridgehead atoms. The van der Waals surface area contributed by atoms with Crippen LogP contribution in [0.15, 0.2) is 36.5 Å². The number of aromatic nitrogens is 3. The fourth-order valence-corrected chi connectivity index (χ4v) is 2.93. The van der Waals surface area contributed by atoms with Crippen molar-refractivity contribution in [3.8, 4) is 5.69 Å². The van der Waals surface area contributed by atoms with E-state index in [2.05, 4.69) is 27.3 Å². The number of amides is 1. The maximum Gasteiger partial charge on any atom is 0.273 e. The largest absolute Gasteiger partial charge is 0.351 e. The Hall–Kier alpha value is -2.21. The Balaban J connectivity index is 1.42. The van der Waals surface area contributed by atoms with Crippen LogP contribution in [0.3, 0.4) is 0 Å². The van der Waals surface area contributed by atoms with Gasteiger partial charge in [0.1, 0.15) is 0 Å². The lowest BCUT2D eigenvalue weighted by molar-refractivity contribution is 0.0945. The van der Waals surface area contributed by atoms with Gasteiger partial charge in [-0.2, -0.15) is 9.90 Å². The van der Waals surface area contributed by atoms with Gasteiger partial charge >= 0.3 is 0 Å². The van der Waals surface area contributed by atoms with Gasteiger partial charge in [0.15, 0.2) is 5.69 Å². The topological polar surface area (TPSA) is 63.1 Å². The average Bonchev–Trinajstić information content (AvgIpc) is 3.11. The standard InChI is InChI=1S/C18H25N5O/c1-15-8-12-22(13-9-15)11-5-10-19-18(24)17-14-20-23(21-17)16-6-3-2-4-7-16/h2-4,6-7,14-15H,5,8-13H2,1H3,(H,19,24). The molecule has 2 heterocycles. The monoisotopic (exact) mass is 327 g/mol. The third kappa shape index (κ3) is 4.41. The Morgan fingerprint density at radius 2 is 2.00 bits per heavy atom. The van der Waals surface area contributed by atoms with Crippen molar-refractivity contribution in [3.63, 3.8) is 0 Å². The number of nitrogens with one attached hydrogen (secondary N) is 1. The molecule has 3 rings (SSSR count). The molecular formula is C18H25N5O. The molecule has 1 amide bonds. The van der Waals surface area contributed by atoms with E-state index in [0.717, 1.165) is 24.6 Å². The van der Waals surface area contributed by atoms with E-state index in [-0.39, 0.29) is 5.91 Å². The van der Waals surface area contributed by atoms with Gasteiger partial charge in [0.25, 0.3) is 5.91 Å². The summed E-state index contributed by atoms with van der Waals surface area (Å²) in [4.78, 5) is 16.1. The first-order chi connectivity index (χ1) is 11.7. The van der Waals surface area contributed by atoms with Gasteiger partial charge in [0.05, 0.1) is 11.9 Å². The first-order valence-corrected chi connectivity index (χ1v) is 8.70. The molecule has 0 spiro atoms. The Kier molecular flexibility index (Phi) is 5.59. The molecule has 1 aliphatic heterocycles. The minimum Gasteiger partial charge on any atom is -0.351 e. The molecule has 0 unspecified atom stereocenters. The molecule has 1 fully saturated rings. The molecule has 1 saturated heterocycles. The van der Waals surface area contributed by atoms with Gasteiger partial charge in [-0.15, -0.1) is 5.10 Å². The molecule has 6 heteroatoms. The lowest BCUT2D eigenvalue weighted by Crippen LogP contribution is -2.35. The summed E-state index contributed by atoms with van der Waals surface area (Å²) in [5.74, 6) is 0.692. The number of benzene rings is 1. The number of likely N-dealkylation sites (tertiary alicyclic amines) is 1. The molecule has 0 atom stereocenters. The summed E-state index contributed by atoms with van der Waals surface area (Å²) < 4.78 is 0. The molecule has 128 valence electrons. The first kappa shape index (κ1) is 16.6. The number of nitrogens with zero attached hydrogens (tertiary/aromatic N) is 4. The second-order valence-electron chi connectivity index (χ2n) is 6.49. The second-order valence-corrected chi connectivity index (χ2v) is 6.49. The van der Waals surface area contributed by atoms with E-state index < -0.39 is 0 Å². The van der Waals surface area contributed by atoms with E-state index in [1.165, 1.54) is 36.9 Å². The van der Waals surface area contributed by atoms with Gasteiger partial charge < -0.3 is 10.2 Å². The van der Waals surface area contributed by atoms with Crippen LogP contribution in [0.5, 0.6) is 0 Å². The fraction of sp³-hybridized carbons (Fsp3) is 0.500. The number of piperidine rings is 1. The predicted octanol–water partition coefficient (Wildman–Crippen LogP) is 2.12. The Labute approximate surface area is 142 Å². The summed E-state index contributed by atoms with van der Waals surface area (Å²) in [7, 11) is 0. The highest BCUT2D eigenvalue weighted by Crippen LogP contribution is 2.15. The fourth-order valence-electron chi connectivity index (χ4n) is 2.93. The molecule has 1 aliphatic rings. The van der Waals surface area contributed by atoms with Gasteiger partial charge in [-0.3, -0.25) is 4.79 Å². The van der Waals surface area contributed by atoms with Crippen molar-refractivity contribution < 1.29 is 4.79 Å². The van der Waals surface area contributed by atoms with E-state index >= 15 is 0 Å². The van der Waals surface area contributed by atoms with E-state index in [1.54, 1.807) is 0 Å². The number of rotatable bonds is 6. The molecule has 1 N–H and O–H groups in total. The molecule has 2 aromatic rings. The van der Waals surface area contributed by atoms with Crippen LogP contribution >= 0.6 is 0 Å². The van der Waals surface area contributed by atoms with Crippen molar-refractivity contribution in [2.45, 2.75) is 26.2 Å². The lowest BCUT2D eigenvalue weighted by atomic mass is 9.99. The highest BCUT2D eigenvalue weighted by atomic mass is 16.2. The highest BCUT2D eigenvalue weighted by Gasteiger charge is 2.15. The quantitative estimate of drug-likeness (QED) is 0.826. The first-order valence-electron chi connectivity index (χ1n) is 8.70. The maximum absolute atomic E-state index is 12.1. The van der Waals surface area contributed by atoms with Crippen LogP contribution in [0.2, 0.25) is 0 Å². The molecule has 0 saturated carbocycles. The van der Waals surface area contributed by atoms with Crippen LogP contribution < -0.4 is 5.32 Å². The molecule has 0 radical (unpaired) electrons. The van der Waals surface area contributed by atoms with Gasteiger partial charge in [-0.05, 0) is 56.9 Å². The highest BCUT2D eigenvalue weighted by molar-refractivity contribution is 5.91. The van der Waals surface area contributed by atoms with E-state index in [1.807, 2.05) is 30.3 Å². The smallest absolute Gasteiger partial charge is 0.273 e. The van der Waals surface area contributed by atoms with Crippen molar-refractivity contribution in [1.29, 1.82) is 0 Å². The summed E-state index contributed by atoms with van der Waals surface area (Å²) in [6.07, 6.45) is 5.05. The van der Waals surface area contributed by atoms with Crippen molar-refractivity contribution in [3.05, 3.63) is 42.2 Å². The molecule has 24 heavy (non-hydrogen) atoms. The Morgan fingerprint density at radius 3 is 2.75 bits per heavy atom. The third-order valence-electron chi connectivity index (χ3n) is 4.52. The van der Waals surface area contributed by atoms with Crippen molar-refractivity contribution in [2.24, 2.45) is 5.92 Å². The van der Waals surface area contributed by atoms with Crippen LogP contribution in [0.1, 0.15) is 36.7 Å². The number of carbonyl (C=O) groups excluding carboxylic acids is 1. The molecule has 6 nitrogen and oxygen atoms in total. The number of hydrogen-bond donors (Lipinski definition) is 1. The minimum absolute atomic E-state index is 0.163. The molecule has 0 aliphatic carbocycles. The SMILES string of the molecule is CC1CCN(CCCNC(=O)c2cnn(-c3ccccc3)n2)CC1. The summed E-state index contributed by atoms with van der Waals surface area (Å²) in [5, 5.41) is 11.3. The van der Waals surface area contributed by atoms with Crippen molar-refractivity contribution >= 4 is 5.91 Å². The molecule has 1 aromatic heterocycles. The minimum atomic E-state index is -0.163. The predicted molar refractivity (Wildman–Crippen MR) is 93.1 cm³/mol. The van der Waals surface area contributed by atoms with E-state index in [0.29, 0.717) is 12.2 Å². The number of para-hydroxylation sites is 1. The van der Waals surface area contributed by atoms with Gasteiger partial charge in [0, 0.05) is 6.54 Å². The summed E-state index contributed by atoms with van der Waals surface area (Å²) in [6.45, 7) is 6.40. The van der Waals surface area contributed by atoms with Gasteiger partial charge in [-0.1, -0.05) is 25.1 Å². The molecular weight excluding hydrogens is 302 g/mol. The summed E-state index contributed by atoms with van der Waals surface area (Å²) >= 11 is 0. The lowest BCUT2D eigenvalue weighted by Gasteiger charge is -2.30. The summed E-state index contributed by atoms with van der Waals surface area (Å²) in [5.41, 5.74) is 1.20. The van der Waals surface area contributed by atoms with Crippen molar-refractivity contribution in [1.82, 2.24) is 25.2 Å². The zero-order valence-electron chi connectivity index (χ0n) is 14.2. The zero-order valence-corrected chi connectivity index (χ0v) is 14.2. The van der Waals surface area contributed by atoms with Crippen LogP contribution in [0.4, 0.5) is 0 Å². The normalized spacial score (nSPS) is 16.2. The van der Waals surface area contributed by atoms with Crippen LogP contribution in [0.25, 0.3) is 5.69 Å².